The highest BCUT2D eigenvalue weighted by Gasteiger charge is 2.07. The Balaban J connectivity index is 2.04. The second kappa shape index (κ2) is 4.88. The molecule has 0 aliphatic rings. The Hall–Kier alpha value is -2.02. The molecule has 1 heterocycles. The third kappa shape index (κ3) is 2.97. The summed E-state index contributed by atoms with van der Waals surface area (Å²) in [6, 6.07) is 6.59. The van der Waals surface area contributed by atoms with Crippen molar-refractivity contribution in [3.8, 4) is 0 Å². The quantitative estimate of drug-likeness (QED) is 0.659. The molecular weight excluding hydrogens is 240 g/mol. The van der Waals surface area contributed by atoms with Crippen LogP contribution in [0.15, 0.2) is 24.3 Å². The maximum atomic E-state index is 10.6. The average Bonchev–Trinajstić information content (AvgIpc) is 2.73. The van der Waals surface area contributed by atoms with Gasteiger partial charge in [-0.25, -0.2) is 0 Å². The van der Waals surface area contributed by atoms with Crippen LogP contribution in [0.1, 0.15) is 10.6 Å². The van der Waals surface area contributed by atoms with Crippen molar-refractivity contribution < 1.29 is 4.92 Å². The molecule has 0 radical (unpaired) electrons. The van der Waals surface area contributed by atoms with Gasteiger partial charge in [0.25, 0.3) is 5.69 Å². The van der Waals surface area contributed by atoms with E-state index in [0.717, 1.165) is 10.6 Å². The molecule has 1 aromatic carbocycles. The van der Waals surface area contributed by atoms with Crippen molar-refractivity contribution in [3.63, 3.8) is 0 Å². The molecule has 88 valence electrons. The van der Waals surface area contributed by atoms with Crippen molar-refractivity contribution in [1.29, 1.82) is 0 Å². The zero-order chi connectivity index (χ0) is 12.3. The molecule has 0 amide bonds. The number of nitrogen functional groups attached to an aromatic ring is 1. The Labute approximate surface area is 101 Å². The van der Waals surface area contributed by atoms with Crippen molar-refractivity contribution in [2.45, 2.75) is 12.8 Å². The first-order valence-corrected chi connectivity index (χ1v) is 5.78. The number of benzene rings is 1. The summed E-state index contributed by atoms with van der Waals surface area (Å²) in [4.78, 5) is 10.2. The molecule has 0 saturated carbocycles. The molecule has 0 atom stereocenters. The number of nitro groups is 1. The Morgan fingerprint density at radius 2 is 2.18 bits per heavy atom. The van der Waals surface area contributed by atoms with E-state index < -0.39 is 4.92 Å². The molecule has 0 aliphatic carbocycles. The van der Waals surface area contributed by atoms with Crippen LogP contribution in [-0.2, 0) is 12.8 Å². The van der Waals surface area contributed by atoms with Gasteiger partial charge in [0, 0.05) is 18.6 Å². The second-order valence-corrected chi connectivity index (χ2v) is 4.55. The largest absolute Gasteiger partial charge is 0.374 e. The van der Waals surface area contributed by atoms with Crippen LogP contribution in [-0.4, -0.2) is 15.1 Å². The van der Waals surface area contributed by atoms with Crippen LogP contribution in [0.2, 0.25) is 0 Å². The number of aryl methyl sites for hydroxylation is 2. The third-order valence-electron chi connectivity index (χ3n) is 2.23. The Kier molecular flexibility index (Phi) is 3.29. The van der Waals surface area contributed by atoms with Crippen LogP contribution in [0, 0.1) is 10.1 Å². The summed E-state index contributed by atoms with van der Waals surface area (Å²) in [6.07, 6.45) is 1.38. The molecule has 1 aromatic heterocycles. The van der Waals surface area contributed by atoms with Gasteiger partial charge in [0.1, 0.15) is 5.01 Å². The van der Waals surface area contributed by atoms with Crippen LogP contribution in [0.25, 0.3) is 0 Å². The summed E-state index contributed by atoms with van der Waals surface area (Å²) in [5, 5.41) is 19.5. The van der Waals surface area contributed by atoms with Gasteiger partial charge in [-0.05, 0) is 12.0 Å². The molecule has 0 spiro atoms. The van der Waals surface area contributed by atoms with Crippen LogP contribution >= 0.6 is 11.3 Å². The topological polar surface area (TPSA) is 94.9 Å². The van der Waals surface area contributed by atoms with Gasteiger partial charge in [0.05, 0.1) is 4.92 Å². The van der Waals surface area contributed by atoms with E-state index in [1.54, 1.807) is 12.1 Å². The summed E-state index contributed by atoms with van der Waals surface area (Å²) in [5.41, 5.74) is 6.49. The summed E-state index contributed by atoms with van der Waals surface area (Å²) in [5.74, 6) is 0. The number of non-ortho nitro benzene ring substituents is 1. The molecule has 0 unspecified atom stereocenters. The number of anilines is 1. The highest BCUT2D eigenvalue weighted by atomic mass is 32.1. The van der Waals surface area contributed by atoms with Gasteiger partial charge in [-0.3, -0.25) is 10.1 Å². The lowest BCUT2D eigenvalue weighted by atomic mass is 10.1. The molecule has 2 rings (SSSR count). The van der Waals surface area contributed by atoms with Gasteiger partial charge in [-0.15, -0.1) is 10.2 Å². The molecule has 0 aliphatic heterocycles. The summed E-state index contributed by atoms with van der Waals surface area (Å²) in [6.45, 7) is 0. The van der Waals surface area contributed by atoms with Crippen LogP contribution in [0.3, 0.4) is 0 Å². The maximum absolute atomic E-state index is 10.6. The summed E-state index contributed by atoms with van der Waals surface area (Å²) in [7, 11) is 0. The number of nitrogens with two attached hydrogens (primary N) is 1. The summed E-state index contributed by atoms with van der Waals surface area (Å²) >= 11 is 1.34. The van der Waals surface area contributed by atoms with Gasteiger partial charge >= 0.3 is 0 Å². The van der Waals surface area contributed by atoms with E-state index >= 15 is 0 Å². The van der Waals surface area contributed by atoms with Crippen molar-refractivity contribution in [2.75, 3.05) is 5.73 Å². The van der Waals surface area contributed by atoms with E-state index in [-0.39, 0.29) is 5.69 Å². The molecule has 2 N–H and O–H groups in total. The average molecular weight is 250 g/mol. The van der Waals surface area contributed by atoms with Crippen LogP contribution < -0.4 is 5.73 Å². The lowest BCUT2D eigenvalue weighted by Crippen LogP contribution is -1.93. The number of aromatic nitrogens is 2. The first kappa shape index (κ1) is 11.5. The van der Waals surface area contributed by atoms with Crippen molar-refractivity contribution in [1.82, 2.24) is 10.2 Å². The fourth-order valence-electron chi connectivity index (χ4n) is 1.44. The molecule has 0 fully saturated rings. The Morgan fingerprint density at radius 1 is 1.35 bits per heavy atom. The van der Waals surface area contributed by atoms with Gasteiger partial charge < -0.3 is 5.73 Å². The number of nitrogens with zero attached hydrogens (tertiary/aromatic N) is 3. The predicted octanol–water partition coefficient (Wildman–Crippen LogP) is 1.81. The molecule has 0 bridgehead atoms. The smallest absolute Gasteiger partial charge is 0.269 e. The lowest BCUT2D eigenvalue weighted by molar-refractivity contribution is -0.384. The van der Waals surface area contributed by atoms with E-state index in [4.69, 9.17) is 5.73 Å². The van der Waals surface area contributed by atoms with Gasteiger partial charge in [-0.1, -0.05) is 23.5 Å². The van der Waals surface area contributed by atoms with Gasteiger partial charge in [-0.2, -0.15) is 0 Å². The molecule has 2 aromatic rings. The standard InChI is InChI=1S/C10H10N4O2S/c11-10-13-12-9(17-10)5-4-7-2-1-3-8(6-7)14(15)16/h1-3,6H,4-5H2,(H2,11,13). The number of hydrogen-bond donors (Lipinski definition) is 1. The van der Waals surface area contributed by atoms with Crippen molar-refractivity contribution in [3.05, 3.63) is 45.0 Å². The highest BCUT2D eigenvalue weighted by molar-refractivity contribution is 7.15. The van der Waals surface area contributed by atoms with Crippen molar-refractivity contribution in [2.24, 2.45) is 0 Å². The fourth-order valence-corrected chi connectivity index (χ4v) is 2.05. The first-order valence-electron chi connectivity index (χ1n) is 4.96. The number of nitro benzene ring substituents is 1. The lowest BCUT2D eigenvalue weighted by Gasteiger charge is -1.98. The third-order valence-corrected chi connectivity index (χ3v) is 3.04. The molecule has 17 heavy (non-hydrogen) atoms. The number of hydrogen-bond acceptors (Lipinski definition) is 6. The summed E-state index contributed by atoms with van der Waals surface area (Å²) < 4.78 is 0. The fraction of sp³-hybridized carbons (Fsp3) is 0.200. The minimum absolute atomic E-state index is 0.110. The first-order chi connectivity index (χ1) is 8.15. The monoisotopic (exact) mass is 250 g/mol. The van der Waals surface area contributed by atoms with Gasteiger partial charge in [0.2, 0.25) is 5.13 Å². The SMILES string of the molecule is Nc1nnc(CCc2cccc([N+](=O)[O-])c2)s1. The Bertz CT molecular complexity index is 541. The molecule has 0 saturated heterocycles. The van der Waals surface area contributed by atoms with Crippen molar-refractivity contribution >= 4 is 22.2 Å². The zero-order valence-electron chi connectivity index (χ0n) is 8.87. The number of rotatable bonds is 4. The Morgan fingerprint density at radius 3 is 2.82 bits per heavy atom. The van der Waals surface area contributed by atoms with Crippen LogP contribution in [0.4, 0.5) is 10.8 Å². The van der Waals surface area contributed by atoms with Crippen LogP contribution in [0.5, 0.6) is 0 Å². The minimum atomic E-state index is -0.396. The second-order valence-electron chi connectivity index (χ2n) is 3.46. The predicted molar refractivity (Wildman–Crippen MR) is 64.8 cm³/mol. The van der Waals surface area contributed by atoms with E-state index in [2.05, 4.69) is 10.2 Å². The van der Waals surface area contributed by atoms with E-state index in [1.807, 2.05) is 6.07 Å². The molecule has 7 heteroatoms. The van der Waals surface area contributed by atoms with Gasteiger partial charge in [0.15, 0.2) is 0 Å². The van der Waals surface area contributed by atoms with E-state index in [9.17, 15) is 10.1 Å². The van der Waals surface area contributed by atoms with E-state index in [0.29, 0.717) is 18.0 Å². The maximum Gasteiger partial charge on any atom is 0.269 e. The highest BCUT2D eigenvalue weighted by Crippen LogP contribution is 2.17. The normalized spacial score (nSPS) is 10.4. The zero-order valence-corrected chi connectivity index (χ0v) is 9.68. The molecule has 6 nitrogen and oxygen atoms in total. The van der Waals surface area contributed by atoms with E-state index in [1.165, 1.54) is 17.4 Å². The minimum Gasteiger partial charge on any atom is -0.374 e. The molecular formula is C10H10N4O2S.